The quantitative estimate of drug-likeness (QED) is 0.584. The van der Waals surface area contributed by atoms with Gasteiger partial charge in [0.2, 0.25) is 0 Å². The van der Waals surface area contributed by atoms with Crippen LogP contribution < -0.4 is 5.50 Å². The van der Waals surface area contributed by atoms with E-state index >= 15 is 0 Å². The highest BCUT2D eigenvalue weighted by atomic mass is 32.7. The van der Waals surface area contributed by atoms with Crippen molar-refractivity contribution in [3.63, 3.8) is 0 Å². The fourth-order valence-electron chi connectivity index (χ4n) is 0.0745. The molecule has 2 N–H and O–H groups in total. The second-order valence-corrected chi connectivity index (χ2v) is 5.34. The van der Waals surface area contributed by atoms with Gasteiger partial charge in [0.25, 0.3) is 0 Å². The van der Waals surface area contributed by atoms with Crippen LogP contribution in [-0.2, 0) is 9.09 Å². The van der Waals surface area contributed by atoms with E-state index in [1.807, 2.05) is 0 Å². The van der Waals surface area contributed by atoms with Crippen LogP contribution in [0.4, 0.5) is 0 Å². The maximum absolute atomic E-state index is 10.5. The Morgan fingerprint density at radius 3 is 2.29 bits per heavy atom. The van der Waals surface area contributed by atoms with Crippen LogP contribution in [0.5, 0.6) is 0 Å². The highest BCUT2D eigenvalue weighted by Gasteiger charge is 2.09. The molecule has 5 heteroatoms. The summed E-state index contributed by atoms with van der Waals surface area (Å²) in [6.45, 7) is -2.74. The molecule has 0 bridgehead atoms. The lowest BCUT2D eigenvalue weighted by molar-refractivity contribution is 0.410. The van der Waals surface area contributed by atoms with E-state index in [4.69, 9.17) is 5.50 Å². The fraction of sp³-hybridized carbons (Fsp3) is 1.00. The largest absolute Gasteiger partial charge is 0.323 e. The summed E-state index contributed by atoms with van der Waals surface area (Å²) in [7, 11) is 1.33. The predicted octanol–water partition coefficient (Wildman–Crippen LogP) is 1.06. The van der Waals surface area contributed by atoms with Gasteiger partial charge in [-0.2, -0.15) is 0 Å². The van der Waals surface area contributed by atoms with Crippen LogP contribution >= 0.6 is 18.1 Å². The van der Waals surface area contributed by atoms with Crippen LogP contribution in [0.3, 0.4) is 0 Å². The topological polar surface area (TPSA) is 52.3 Å². The molecule has 0 aromatic carbocycles. The van der Waals surface area contributed by atoms with E-state index in [1.165, 1.54) is 7.11 Å². The van der Waals surface area contributed by atoms with Crippen LogP contribution in [0.25, 0.3) is 0 Å². The Balaban J connectivity index is 3.61. The first kappa shape index (κ1) is 7.50. The van der Waals surface area contributed by atoms with E-state index in [1.54, 1.807) is 6.26 Å². The van der Waals surface area contributed by atoms with Crippen LogP contribution in [-0.4, -0.2) is 13.4 Å². The predicted molar refractivity (Wildman–Crippen MR) is 32.3 cm³/mol. The first-order chi connectivity index (χ1) is 3.12. The Hall–Kier alpha value is 0.500. The van der Waals surface area contributed by atoms with Crippen molar-refractivity contribution in [1.82, 2.24) is 0 Å². The minimum absolute atomic E-state index is 1.04. The van der Waals surface area contributed by atoms with Crippen molar-refractivity contribution in [1.29, 1.82) is 0 Å². The minimum Gasteiger partial charge on any atom is -0.313 e. The molecule has 1 atom stereocenters. The van der Waals surface area contributed by atoms with Gasteiger partial charge in [-0.15, -0.1) is 0 Å². The zero-order chi connectivity index (χ0) is 5.91. The standard InChI is InChI=1S/C2H8NO2PS/c1-5-6(3,4)7-2/h1-2H3,(H2,3,4)/t6-/m1/s1. The van der Waals surface area contributed by atoms with Gasteiger partial charge < -0.3 is 4.52 Å². The third-order valence-electron chi connectivity index (χ3n) is 0.509. The summed E-state index contributed by atoms with van der Waals surface area (Å²) in [6.07, 6.45) is 1.64. The van der Waals surface area contributed by atoms with Gasteiger partial charge in [-0.25, -0.2) is 0 Å². The number of hydrogen-bond donors (Lipinski definition) is 1. The molecule has 0 fully saturated rings. The summed E-state index contributed by atoms with van der Waals surface area (Å²) in [4.78, 5) is 0. The molecule has 0 aromatic heterocycles. The van der Waals surface area contributed by atoms with Crippen molar-refractivity contribution in [2.75, 3.05) is 13.4 Å². The summed E-state index contributed by atoms with van der Waals surface area (Å²) < 4.78 is 14.9. The molecule has 0 aliphatic carbocycles. The smallest absolute Gasteiger partial charge is 0.313 e. The van der Waals surface area contributed by atoms with E-state index in [0.29, 0.717) is 0 Å². The van der Waals surface area contributed by atoms with Crippen molar-refractivity contribution in [3.05, 3.63) is 0 Å². The number of hydrogen-bond acceptors (Lipinski definition) is 3. The third kappa shape index (κ3) is 3.12. The molecule has 0 unspecified atom stereocenters. The first-order valence-corrected chi connectivity index (χ1v) is 5.15. The van der Waals surface area contributed by atoms with Crippen LogP contribution in [0.1, 0.15) is 0 Å². The average Bonchev–Trinajstić information content (AvgIpc) is 1.68. The second-order valence-electron chi connectivity index (χ2n) is 0.905. The first-order valence-electron chi connectivity index (χ1n) is 1.62. The van der Waals surface area contributed by atoms with Gasteiger partial charge in [-0.3, -0.25) is 10.1 Å². The molecule has 0 amide bonds. The maximum atomic E-state index is 10.5. The molecule has 3 nitrogen and oxygen atoms in total. The average molecular weight is 141 g/mol. The van der Waals surface area contributed by atoms with Gasteiger partial charge in [0.1, 0.15) is 0 Å². The molecule has 0 rings (SSSR count). The molecule has 7 heavy (non-hydrogen) atoms. The van der Waals surface area contributed by atoms with E-state index in [0.717, 1.165) is 11.4 Å². The fourth-order valence-corrected chi connectivity index (χ4v) is 0.671. The van der Waals surface area contributed by atoms with E-state index in [-0.39, 0.29) is 0 Å². The molecule has 0 radical (unpaired) electrons. The third-order valence-corrected chi connectivity index (χ3v) is 3.50. The van der Waals surface area contributed by atoms with Crippen molar-refractivity contribution in [3.8, 4) is 0 Å². The molecule has 44 valence electrons. The van der Waals surface area contributed by atoms with Crippen molar-refractivity contribution in [2.45, 2.75) is 0 Å². The van der Waals surface area contributed by atoms with Gasteiger partial charge in [-0.1, -0.05) is 11.4 Å². The van der Waals surface area contributed by atoms with Gasteiger partial charge in [0.15, 0.2) is 0 Å². The monoisotopic (exact) mass is 141 g/mol. The van der Waals surface area contributed by atoms with Gasteiger partial charge in [0, 0.05) is 7.11 Å². The Labute approximate surface area is 46.9 Å². The van der Waals surface area contributed by atoms with Crippen LogP contribution in [0.2, 0.25) is 0 Å². The minimum atomic E-state index is -2.74. The lowest BCUT2D eigenvalue weighted by Gasteiger charge is -2.02. The number of rotatable bonds is 2. The summed E-state index contributed by atoms with van der Waals surface area (Å²) in [5.74, 6) is 0. The van der Waals surface area contributed by atoms with Crippen molar-refractivity contribution < 1.29 is 9.09 Å². The zero-order valence-electron chi connectivity index (χ0n) is 4.25. The molecule has 0 aliphatic rings. The number of nitrogens with two attached hydrogens (primary N) is 1. The molecule has 0 saturated heterocycles. The zero-order valence-corrected chi connectivity index (χ0v) is 5.96. The molecular formula is C2H8NO2PS. The van der Waals surface area contributed by atoms with E-state index in [9.17, 15) is 4.57 Å². The van der Waals surface area contributed by atoms with E-state index in [2.05, 4.69) is 4.52 Å². The summed E-state index contributed by atoms with van der Waals surface area (Å²) in [5.41, 5.74) is 5.01. The van der Waals surface area contributed by atoms with Crippen LogP contribution in [0, 0.1) is 0 Å². The molecule has 0 saturated carbocycles. The van der Waals surface area contributed by atoms with Crippen LogP contribution in [0.15, 0.2) is 0 Å². The maximum Gasteiger partial charge on any atom is 0.323 e. The molecule has 0 spiro atoms. The highest BCUT2D eigenvalue weighted by molar-refractivity contribution is 8.55. The normalized spacial score (nSPS) is 18.7. The summed E-state index contributed by atoms with van der Waals surface area (Å²) >= 11 is 1.04. The molecule has 0 aliphatic heterocycles. The van der Waals surface area contributed by atoms with Crippen molar-refractivity contribution >= 4 is 18.1 Å². The van der Waals surface area contributed by atoms with Crippen molar-refractivity contribution in [2.24, 2.45) is 5.50 Å². The van der Waals surface area contributed by atoms with E-state index < -0.39 is 6.72 Å². The Kier molecular flexibility index (Phi) is 2.92. The lowest BCUT2D eigenvalue weighted by Crippen LogP contribution is -1.89. The van der Waals surface area contributed by atoms with Gasteiger partial charge >= 0.3 is 6.72 Å². The second kappa shape index (κ2) is 2.72. The highest BCUT2D eigenvalue weighted by Crippen LogP contribution is 2.48. The molecule has 0 heterocycles. The molecular weight excluding hydrogens is 133 g/mol. The summed E-state index contributed by atoms with van der Waals surface area (Å²) in [6, 6.07) is 0. The Morgan fingerprint density at radius 2 is 2.29 bits per heavy atom. The van der Waals surface area contributed by atoms with Gasteiger partial charge in [-0.05, 0) is 6.26 Å². The summed E-state index contributed by atoms with van der Waals surface area (Å²) in [5, 5.41) is 0. The Morgan fingerprint density at radius 1 is 1.86 bits per heavy atom. The SMILES string of the molecule is CO[P@@](N)(=O)SC. The van der Waals surface area contributed by atoms with Gasteiger partial charge in [0.05, 0.1) is 0 Å². The Bertz CT molecular complexity index is 87.7. The lowest BCUT2D eigenvalue weighted by atomic mass is 11.8. The molecule has 0 aromatic rings.